The molecule has 2 amide bonds. The van der Waals surface area contributed by atoms with E-state index in [1.54, 1.807) is 0 Å². The molecule has 0 atom stereocenters. The summed E-state index contributed by atoms with van der Waals surface area (Å²) in [5, 5.41) is 0. The van der Waals surface area contributed by atoms with E-state index in [2.05, 4.69) is 0 Å². The van der Waals surface area contributed by atoms with Crippen LogP contribution in [0.15, 0.2) is 0 Å². The second-order valence-corrected chi connectivity index (χ2v) is 4.33. The van der Waals surface area contributed by atoms with Gasteiger partial charge in [-0.05, 0) is 12.8 Å². The zero-order valence-corrected chi connectivity index (χ0v) is 8.25. The summed E-state index contributed by atoms with van der Waals surface area (Å²) in [7, 11) is -2.35. The Kier molecular flexibility index (Phi) is 4.71. The van der Waals surface area contributed by atoms with Gasteiger partial charge in [0.1, 0.15) is 0 Å². The van der Waals surface area contributed by atoms with Gasteiger partial charge in [0.05, 0.1) is 5.75 Å². The summed E-state index contributed by atoms with van der Waals surface area (Å²) in [6, 6.07) is -0.549. The maximum Gasteiger partial charge on any atom is 0.314 e. The molecule has 0 bridgehead atoms. The monoisotopic (exact) mass is 210 g/mol. The van der Waals surface area contributed by atoms with Crippen LogP contribution < -0.4 is 5.73 Å². The molecular weight excluding hydrogens is 196 g/mol. The number of rotatable bonds is 5. The van der Waals surface area contributed by atoms with E-state index in [9.17, 15) is 13.2 Å². The summed E-state index contributed by atoms with van der Waals surface area (Å²) in [5.41, 5.74) is 4.92. The molecule has 0 unspecified atom stereocenters. The van der Waals surface area contributed by atoms with E-state index in [0.717, 1.165) is 0 Å². The normalized spacial score (nSPS) is 11.2. The fraction of sp³-hybridized carbons (Fsp3) is 0.833. The van der Waals surface area contributed by atoms with Crippen LogP contribution in [0.1, 0.15) is 12.8 Å². The lowest BCUT2D eigenvalue weighted by Gasteiger charge is -2.12. The SMILES string of the molecule is CN(CCCCS(=O)(=O)O)C(N)=O. The van der Waals surface area contributed by atoms with Gasteiger partial charge in [0, 0.05) is 13.6 Å². The van der Waals surface area contributed by atoms with Crippen LogP contribution in [-0.4, -0.2) is 43.2 Å². The molecule has 6 nitrogen and oxygen atoms in total. The van der Waals surface area contributed by atoms with Crippen LogP contribution in [0.2, 0.25) is 0 Å². The van der Waals surface area contributed by atoms with Gasteiger partial charge in [-0.25, -0.2) is 4.79 Å². The molecule has 0 saturated carbocycles. The highest BCUT2D eigenvalue weighted by atomic mass is 32.2. The topological polar surface area (TPSA) is 101 Å². The minimum atomic E-state index is -3.88. The number of carbonyl (C=O) groups excluding carboxylic acids is 1. The number of amides is 2. The Labute approximate surface area is 77.5 Å². The van der Waals surface area contributed by atoms with Crippen molar-refractivity contribution in [3.63, 3.8) is 0 Å². The van der Waals surface area contributed by atoms with Gasteiger partial charge in [0.2, 0.25) is 0 Å². The van der Waals surface area contributed by atoms with E-state index in [-0.39, 0.29) is 5.75 Å². The number of urea groups is 1. The van der Waals surface area contributed by atoms with Gasteiger partial charge < -0.3 is 10.6 Å². The average molecular weight is 210 g/mol. The molecule has 0 aliphatic heterocycles. The lowest BCUT2D eigenvalue weighted by Crippen LogP contribution is -2.32. The molecular formula is C6H14N2O4S. The summed E-state index contributed by atoms with van der Waals surface area (Å²) in [6.45, 7) is 0.394. The number of primary amides is 1. The Hall–Kier alpha value is -0.820. The first-order valence-corrected chi connectivity index (χ1v) is 5.39. The van der Waals surface area contributed by atoms with E-state index >= 15 is 0 Å². The summed E-state index contributed by atoms with van der Waals surface area (Å²) >= 11 is 0. The van der Waals surface area contributed by atoms with Crippen LogP contribution in [0.4, 0.5) is 4.79 Å². The molecule has 78 valence electrons. The zero-order valence-electron chi connectivity index (χ0n) is 7.43. The van der Waals surface area contributed by atoms with Crippen LogP contribution >= 0.6 is 0 Å². The van der Waals surface area contributed by atoms with E-state index < -0.39 is 16.1 Å². The van der Waals surface area contributed by atoms with Crippen molar-refractivity contribution < 1.29 is 17.8 Å². The third-order valence-corrected chi connectivity index (χ3v) is 2.33. The van der Waals surface area contributed by atoms with Gasteiger partial charge in [-0.2, -0.15) is 8.42 Å². The maximum atomic E-state index is 10.5. The second-order valence-electron chi connectivity index (χ2n) is 2.75. The molecule has 0 saturated heterocycles. The summed E-state index contributed by atoms with van der Waals surface area (Å²) in [6.07, 6.45) is 0.815. The molecule has 0 radical (unpaired) electrons. The number of nitrogens with two attached hydrogens (primary N) is 1. The zero-order chi connectivity index (χ0) is 10.5. The maximum absolute atomic E-state index is 10.5. The van der Waals surface area contributed by atoms with E-state index in [0.29, 0.717) is 19.4 Å². The van der Waals surface area contributed by atoms with Crippen molar-refractivity contribution in [1.29, 1.82) is 0 Å². The van der Waals surface area contributed by atoms with Crippen molar-refractivity contribution in [1.82, 2.24) is 4.90 Å². The second kappa shape index (κ2) is 5.03. The van der Waals surface area contributed by atoms with Crippen molar-refractivity contribution in [3.05, 3.63) is 0 Å². The Morgan fingerprint density at radius 3 is 2.38 bits per heavy atom. The molecule has 0 rings (SSSR count). The smallest absolute Gasteiger partial charge is 0.314 e. The first-order valence-electron chi connectivity index (χ1n) is 3.78. The van der Waals surface area contributed by atoms with E-state index in [4.69, 9.17) is 10.3 Å². The van der Waals surface area contributed by atoms with Gasteiger partial charge in [0.25, 0.3) is 10.1 Å². The molecule has 0 aliphatic rings. The fourth-order valence-electron chi connectivity index (χ4n) is 0.744. The first kappa shape index (κ1) is 12.2. The third-order valence-electron chi connectivity index (χ3n) is 1.52. The Morgan fingerprint density at radius 2 is 2.00 bits per heavy atom. The molecule has 0 aliphatic carbocycles. The molecule has 7 heteroatoms. The van der Waals surface area contributed by atoms with Crippen LogP contribution in [-0.2, 0) is 10.1 Å². The van der Waals surface area contributed by atoms with Crippen LogP contribution in [0.5, 0.6) is 0 Å². The van der Waals surface area contributed by atoms with Crippen molar-refractivity contribution in [2.75, 3.05) is 19.3 Å². The predicted octanol–water partition coefficient (Wildman–Crippen LogP) is -0.335. The molecule has 0 fully saturated rings. The van der Waals surface area contributed by atoms with Crippen LogP contribution in [0.3, 0.4) is 0 Å². The summed E-state index contributed by atoms with van der Waals surface area (Å²) < 4.78 is 28.9. The molecule has 0 heterocycles. The first-order chi connectivity index (χ1) is 5.83. The van der Waals surface area contributed by atoms with Gasteiger partial charge >= 0.3 is 6.03 Å². The summed E-state index contributed by atoms with van der Waals surface area (Å²) in [4.78, 5) is 11.8. The lowest BCUT2D eigenvalue weighted by molar-refractivity contribution is 0.218. The molecule has 0 spiro atoms. The third kappa shape index (κ3) is 7.54. The van der Waals surface area contributed by atoms with E-state index in [1.807, 2.05) is 0 Å². The number of nitrogens with zero attached hydrogens (tertiary/aromatic N) is 1. The summed E-state index contributed by atoms with van der Waals surface area (Å²) in [5.74, 6) is -0.278. The standard InChI is InChI=1S/C6H14N2O4S/c1-8(6(7)9)4-2-3-5-13(10,11)12/h2-5H2,1H3,(H2,7,9)(H,10,11,12). The van der Waals surface area contributed by atoms with Crippen molar-refractivity contribution in [2.45, 2.75) is 12.8 Å². The van der Waals surface area contributed by atoms with Gasteiger partial charge in [-0.3, -0.25) is 4.55 Å². The largest absolute Gasteiger partial charge is 0.351 e. The molecule has 0 aromatic rings. The highest BCUT2D eigenvalue weighted by Gasteiger charge is 2.05. The number of carbonyl (C=O) groups is 1. The molecule has 0 aromatic heterocycles. The van der Waals surface area contributed by atoms with Crippen molar-refractivity contribution >= 4 is 16.1 Å². The van der Waals surface area contributed by atoms with Crippen molar-refractivity contribution in [2.24, 2.45) is 5.73 Å². The highest BCUT2D eigenvalue weighted by Crippen LogP contribution is 1.95. The average Bonchev–Trinajstić information content (AvgIpc) is 1.95. The number of hydrogen-bond donors (Lipinski definition) is 2. The van der Waals surface area contributed by atoms with Crippen LogP contribution in [0.25, 0.3) is 0 Å². The number of hydrogen-bond acceptors (Lipinski definition) is 3. The van der Waals surface area contributed by atoms with Gasteiger partial charge in [-0.15, -0.1) is 0 Å². The highest BCUT2D eigenvalue weighted by molar-refractivity contribution is 7.85. The number of unbranched alkanes of at least 4 members (excludes halogenated alkanes) is 1. The van der Waals surface area contributed by atoms with Crippen LogP contribution in [0, 0.1) is 0 Å². The Balaban J connectivity index is 3.53. The minimum absolute atomic E-state index is 0.278. The Morgan fingerprint density at radius 1 is 1.46 bits per heavy atom. The van der Waals surface area contributed by atoms with Crippen molar-refractivity contribution in [3.8, 4) is 0 Å². The quantitative estimate of drug-likeness (QED) is 0.479. The molecule has 0 aromatic carbocycles. The van der Waals surface area contributed by atoms with E-state index in [1.165, 1.54) is 11.9 Å². The van der Waals surface area contributed by atoms with Gasteiger partial charge in [0.15, 0.2) is 0 Å². The molecule has 13 heavy (non-hydrogen) atoms. The molecule has 3 N–H and O–H groups in total. The fourth-order valence-corrected chi connectivity index (χ4v) is 1.31. The minimum Gasteiger partial charge on any atom is -0.351 e. The predicted molar refractivity (Wildman–Crippen MR) is 47.9 cm³/mol. The van der Waals surface area contributed by atoms with Gasteiger partial charge in [-0.1, -0.05) is 0 Å². The lowest BCUT2D eigenvalue weighted by atomic mass is 10.3. The Bertz CT molecular complexity index is 262.